The zero-order valence-electron chi connectivity index (χ0n) is 13.3. The predicted molar refractivity (Wildman–Crippen MR) is 81.9 cm³/mol. The fraction of sp³-hybridized carbons (Fsp3) is 0.867. The number of rotatable bonds is 6. The summed E-state index contributed by atoms with van der Waals surface area (Å²) in [5, 5.41) is 3.26. The molecule has 2 amide bonds. The van der Waals surface area contributed by atoms with E-state index in [-0.39, 0.29) is 11.8 Å². The van der Waals surface area contributed by atoms with Crippen LogP contribution in [0.3, 0.4) is 0 Å². The Hall–Kier alpha value is -1.14. The van der Waals surface area contributed by atoms with Crippen molar-refractivity contribution in [2.24, 2.45) is 5.92 Å². The molecule has 1 heterocycles. The third kappa shape index (κ3) is 5.63. The van der Waals surface area contributed by atoms with Gasteiger partial charge in [0.15, 0.2) is 0 Å². The van der Waals surface area contributed by atoms with Crippen molar-refractivity contribution in [1.29, 1.82) is 0 Å². The molecule has 0 radical (unpaired) electrons. The lowest BCUT2D eigenvalue weighted by atomic mass is 10.3. The number of nitrogens with zero attached hydrogens (tertiary/aromatic N) is 3. The Morgan fingerprint density at radius 2 is 1.90 bits per heavy atom. The molecule has 0 aromatic rings. The molecule has 120 valence electrons. The van der Waals surface area contributed by atoms with Crippen LogP contribution in [-0.4, -0.2) is 86.4 Å². The standard InChI is InChI=1S/C15H28N4O2/c1-17(2)15(21)12-18-6-3-7-19(9-8-18)14(20)11-16-10-13-4-5-13/h13,16H,3-12H2,1-2H3. The average Bonchev–Trinajstić information content (AvgIpc) is 3.25. The molecule has 2 fully saturated rings. The molecule has 1 N–H and O–H groups in total. The van der Waals surface area contributed by atoms with E-state index in [1.807, 2.05) is 4.90 Å². The molecule has 1 aliphatic carbocycles. The van der Waals surface area contributed by atoms with Gasteiger partial charge >= 0.3 is 0 Å². The first kappa shape index (κ1) is 16.2. The first-order chi connectivity index (χ1) is 10.1. The van der Waals surface area contributed by atoms with Crippen LogP contribution in [0.1, 0.15) is 19.3 Å². The third-order valence-electron chi connectivity index (χ3n) is 4.21. The number of hydrogen-bond donors (Lipinski definition) is 1. The number of amides is 2. The summed E-state index contributed by atoms with van der Waals surface area (Å²) in [4.78, 5) is 29.6. The number of nitrogens with one attached hydrogen (secondary N) is 1. The normalized spacial score (nSPS) is 20.2. The maximum Gasteiger partial charge on any atom is 0.236 e. The molecule has 0 aromatic heterocycles. The lowest BCUT2D eigenvalue weighted by Gasteiger charge is -2.23. The van der Waals surface area contributed by atoms with Gasteiger partial charge in [-0.05, 0) is 31.7 Å². The molecule has 0 atom stereocenters. The highest BCUT2D eigenvalue weighted by molar-refractivity contribution is 5.78. The molecule has 2 aliphatic rings. The summed E-state index contributed by atoms with van der Waals surface area (Å²) in [7, 11) is 3.56. The Kier molecular flexibility index (Phi) is 5.99. The summed E-state index contributed by atoms with van der Waals surface area (Å²) >= 11 is 0. The van der Waals surface area contributed by atoms with E-state index < -0.39 is 0 Å². The first-order valence-corrected chi connectivity index (χ1v) is 7.97. The van der Waals surface area contributed by atoms with Crippen LogP contribution in [0.2, 0.25) is 0 Å². The van der Waals surface area contributed by atoms with Gasteiger partial charge in [-0.15, -0.1) is 0 Å². The number of carbonyl (C=O) groups excluding carboxylic acids is 2. The third-order valence-corrected chi connectivity index (χ3v) is 4.21. The zero-order valence-corrected chi connectivity index (χ0v) is 13.3. The summed E-state index contributed by atoms with van der Waals surface area (Å²) in [5.74, 6) is 1.12. The van der Waals surface area contributed by atoms with Crippen LogP contribution in [0.4, 0.5) is 0 Å². The van der Waals surface area contributed by atoms with Gasteiger partial charge in [0.25, 0.3) is 0 Å². The summed E-state index contributed by atoms with van der Waals surface area (Å²) < 4.78 is 0. The van der Waals surface area contributed by atoms with Crippen LogP contribution >= 0.6 is 0 Å². The molecule has 1 aliphatic heterocycles. The highest BCUT2D eigenvalue weighted by Gasteiger charge is 2.23. The van der Waals surface area contributed by atoms with Crippen LogP contribution in [-0.2, 0) is 9.59 Å². The van der Waals surface area contributed by atoms with E-state index in [0.29, 0.717) is 13.1 Å². The smallest absolute Gasteiger partial charge is 0.236 e. The molecule has 6 nitrogen and oxygen atoms in total. The second-order valence-electron chi connectivity index (χ2n) is 6.37. The van der Waals surface area contributed by atoms with E-state index in [0.717, 1.165) is 45.1 Å². The number of likely N-dealkylation sites (N-methyl/N-ethyl adjacent to an activating group) is 1. The van der Waals surface area contributed by atoms with Gasteiger partial charge in [-0.1, -0.05) is 0 Å². The summed E-state index contributed by atoms with van der Waals surface area (Å²) in [5.41, 5.74) is 0. The number of carbonyl (C=O) groups is 2. The van der Waals surface area contributed by atoms with Crippen molar-refractivity contribution in [3.63, 3.8) is 0 Å². The SMILES string of the molecule is CN(C)C(=O)CN1CCCN(C(=O)CNCC2CC2)CC1. The van der Waals surface area contributed by atoms with Gasteiger partial charge in [-0.3, -0.25) is 14.5 Å². The van der Waals surface area contributed by atoms with Crippen molar-refractivity contribution in [3.8, 4) is 0 Å². The van der Waals surface area contributed by atoms with Crippen molar-refractivity contribution in [3.05, 3.63) is 0 Å². The lowest BCUT2D eigenvalue weighted by molar-refractivity contribution is -0.130. The van der Waals surface area contributed by atoms with Crippen LogP contribution in [0.25, 0.3) is 0 Å². The molecule has 0 spiro atoms. The van der Waals surface area contributed by atoms with Gasteiger partial charge in [-0.25, -0.2) is 0 Å². The van der Waals surface area contributed by atoms with Crippen molar-refractivity contribution < 1.29 is 9.59 Å². The highest BCUT2D eigenvalue weighted by atomic mass is 16.2. The Morgan fingerprint density at radius 1 is 1.14 bits per heavy atom. The van der Waals surface area contributed by atoms with E-state index >= 15 is 0 Å². The molecule has 21 heavy (non-hydrogen) atoms. The monoisotopic (exact) mass is 296 g/mol. The summed E-state index contributed by atoms with van der Waals surface area (Å²) in [6, 6.07) is 0. The van der Waals surface area contributed by atoms with Crippen molar-refractivity contribution in [2.75, 3.05) is 59.9 Å². The average molecular weight is 296 g/mol. The van der Waals surface area contributed by atoms with Crippen molar-refractivity contribution in [2.45, 2.75) is 19.3 Å². The van der Waals surface area contributed by atoms with Gasteiger partial charge in [-0.2, -0.15) is 0 Å². The molecule has 0 bridgehead atoms. The quantitative estimate of drug-likeness (QED) is 0.725. The Balaban J connectivity index is 1.69. The minimum absolute atomic E-state index is 0.126. The highest BCUT2D eigenvalue weighted by Crippen LogP contribution is 2.27. The Morgan fingerprint density at radius 3 is 2.57 bits per heavy atom. The van der Waals surface area contributed by atoms with Gasteiger partial charge in [0.1, 0.15) is 0 Å². The molecular weight excluding hydrogens is 268 g/mol. The Labute approximate surface area is 127 Å². The molecule has 1 saturated heterocycles. The lowest BCUT2D eigenvalue weighted by Crippen LogP contribution is -2.42. The van der Waals surface area contributed by atoms with Crippen LogP contribution < -0.4 is 5.32 Å². The van der Waals surface area contributed by atoms with Crippen LogP contribution in [0, 0.1) is 5.92 Å². The molecular formula is C15H28N4O2. The topological polar surface area (TPSA) is 55.9 Å². The van der Waals surface area contributed by atoms with Gasteiger partial charge in [0.2, 0.25) is 11.8 Å². The van der Waals surface area contributed by atoms with Gasteiger partial charge in [0.05, 0.1) is 13.1 Å². The van der Waals surface area contributed by atoms with E-state index in [1.165, 1.54) is 12.8 Å². The molecule has 0 aromatic carbocycles. The second kappa shape index (κ2) is 7.75. The van der Waals surface area contributed by atoms with Crippen LogP contribution in [0.5, 0.6) is 0 Å². The van der Waals surface area contributed by atoms with E-state index in [9.17, 15) is 9.59 Å². The molecule has 6 heteroatoms. The fourth-order valence-electron chi connectivity index (χ4n) is 2.53. The number of hydrogen-bond acceptors (Lipinski definition) is 4. The van der Waals surface area contributed by atoms with E-state index in [4.69, 9.17) is 0 Å². The Bertz CT molecular complexity index is 369. The molecule has 1 saturated carbocycles. The fourth-order valence-corrected chi connectivity index (χ4v) is 2.53. The first-order valence-electron chi connectivity index (χ1n) is 7.97. The largest absolute Gasteiger partial charge is 0.348 e. The summed E-state index contributed by atoms with van der Waals surface area (Å²) in [6.45, 7) is 5.08. The van der Waals surface area contributed by atoms with Crippen molar-refractivity contribution in [1.82, 2.24) is 20.0 Å². The van der Waals surface area contributed by atoms with Crippen LogP contribution in [0.15, 0.2) is 0 Å². The van der Waals surface area contributed by atoms with E-state index in [1.54, 1.807) is 19.0 Å². The maximum atomic E-state index is 12.2. The second-order valence-corrected chi connectivity index (χ2v) is 6.37. The van der Waals surface area contributed by atoms with Gasteiger partial charge < -0.3 is 15.1 Å². The maximum absolute atomic E-state index is 12.2. The molecule has 0 unspecified atom stereocenters. The van der Waals surface area contributed by atoms with E-state index in [2.05, 4.69) is 10.2 Å². The predicted octanol–water partition coefficient (Wildman–Crippen LogP) is -0.391. The molecule has 2 rings (SSSR count). The van der Waals surface area contributed by atoms with Gasteiger partial charge in [0, 0.05) is 40.3 Å². The zero-order chi connectivity index (χ0) is 15.2. The minimum atomic E-state index is 0.126. The van der Waals surface area contributed by atoms with Crippen molar-refractivity contribution >= 4 is 11.8 Å². The summed E-state index contributed by atoms with van der Waals surface area (Å²) in [6.07, 6.45) is 3.55. The minimum Gasteiger partial charge on any atom is -0.348 e.